The van der Waals surface area contributed by atoms with Crippen molar-refractivity contribution in [2.24, 2.45) is 0 Å². The van der Waals surface area contributed by atoms with Crippen LogP contribution >= 0.6 is 24.8 Å². The summed E-state index contributed by atoms with van der Waals surface area (Å²) < 4.78 is 1.60. The molecule has 122 valence electrons. The van der Waals surface area contributed by atoms with E-state index in [4.69, 9.17) is 0 Å². The van der Waals surface area contributed by atoms with E-state index in [1.165, 1.54) is 0 Å². The first-order valence-electron chi connectivity index (χ1n) is 6.84. The fourth-order valence-corrected chi connectivity index (χ4v) is 2.54. The van der Waals surface area contributed by atoms with E-state index in [1.54, 1.807) is 10.7 Å². The molecule has 0 aliphatic carbocycles. The van der Waals surface area contributed by atoms with Crippen LogP contribution in [0.4, 0.5) is 0 Å². The minimum absolute atomic E-state index is 0. The molecular formula is C13H20Cl2N6O. The van der Waals surface area contributed by atoms with Crippen LogP contribution in [-0.2, 0) is 0 Å². The van der Waals surface area contributed by atoms with Crippen LogP contribution in [0.25, 0.3) is 5.78 Å². The molecule has 1 fully saturated rings. The molecule has 0 saturated carbocycles. The molecule has 2 aromatic rings. The van der Waals surface area contributed by atoms with Gasteiger partial charge < -0.3 is 10.2 Å². The van der Waals surface area contributed by atoms with Crippen LogP contribution in [0.2, 0.25) is 0 Å². The standard InChI is InChI=1S/C13H18N6O.2ClH/c1-9-5-6-15-13-16-11(17-19(9)13)12(20)18-7-3-4-10(8-18)14-2;;/h5-6,10,14H,3-4,7-8H2,1-2H3;2*1H. The van der Waals surface area contributed by atoms with Crippen LogP contribution in [0, 0.1) is 6.92 Å². The first-order valence-corrected chi connectivity index (χ1v) is 6.84. The van der Waals surface area contributed by atoms with Crippen molar-refractivity contribution in [1.82, 2.24) is 29.8 Å². The summed E-state index contributed by atoms with van der Waals surface area (Å²) in [5.41, 5.74) is 0.910. The van der Waals surface area contributed by atoms with Gasteiger partial charge in [0.15, 0.2) is 0 Å². The molecule has 1 amide bonds. The predicted molar refractivity (Wildman–Crippen MR) is 88.0 cm³/mol. The molecule has 0 radical (unpaired) electrons. The molecule has 0 bridgehead atoms. The molecule has 1 aliphatic heterocycles. The number of halogens is 2. The van der Waals surface area contributed by atoms with E-state index in [2.05, 4.69) is 20.4 Å². The smallest absolute Gasteiger partial charge is 0.293 e. The first kappa shape index (κ1) is 18.6. The SMILES string of the molecule is CNC1CCCN(C(=O)c2nc3nccc(C)n3n2)C1.Cl.Cl. The highest BCUT2D eigenvalue weighted by Crippen LogP contribution is 2.12. The Kier molecular flexibility index (Phi) is 6.52. The van der Waals surface area contributed by atoms with E-state index in [9.17, 15) is 4.79 Å². The number of nitrogens with zero attached hydrogens (tertiary/aromatic N) is 5. The zero-order chi connectivity index (χ0) is 14.1. The van der Waals surface area contributed by atoms with Gasteiger partial charge in [-0.05, 0) is 32.9 Å². The molecule has 22 heavy (non-hydrogen) atoms. The molecule has 1 N–H and O–H groups in total. The van der Waals surface area contributed by atoms with Gasteiger partial charge in [0.2, 0.25) is 5.82 Å². The summed E-state index contributed by atoms with van der Waals surface area (Å²) in [7, 11) is 1.93. The molecule has 1 atom stereocenters. The minimum Gasteiger partial charge on any atom is -0.334 e. The third kappa shape index (κ3) is 3.48. The molecule has 3 rings (SSSR count). The van der Waals surface area contributed by atoms with Crippen molar-refractivity contribution in [3.8, 4) is 0 Å². The third-order valence-electron chi connectivity index (χ3n) is 3.74. The number of aryl methyl sites for hydroxylation is 1. The molecule has 1 saturated heterocycles. The zero-order valence-electron chi connectivity index (χ0n) is 12.5. The van der Waals surface area contributed by atoms with Gasteiger partial charge in [0.25, 0.3) is 11.7 Å². The fourth-order valence-electron chi connectivity index (χ4n) is 2.54. The van der Waals surface area contributed by atoms with Gasteiger partial charge in [-0.25, -0.2) is 9.50 Å². The van der Waals surface area contributed by atoms with Gasteiger partial charge in [0.05, 0.1) is 0 Å². The highest BCUT2D eigenvalue weighted by atomic mass is 35.5. The van der Waals surface area contributed by atoms with Gasteiger partial charge in [0, 0.05) is 31.0 Å². The maximum Gasteiger partial charge on any atom is 0.293 e. The number of hydrogen-bond donors (Lipinski definition) is 1. The van der Waals surface area contributed by atoms with Crippen LogP contribution in [0.15, 0.2) is 12.3 Å². The maximum atomic E-state index is 12.5. The topological polar surface area (TPSA) is 75.4 Å². The lowest BCUT2D eigenvalue weighted by Gasteiger charge is -2.31. The van der Waals surface area contributed by atoms with Crippen molar-refractivity contribution in [1.29, 1.82) is 0 Å². The predicted octanol–water partition coefficient (Wildman–Crippen LogP) is 1.10. The molecule has 3 heterocycles. The van der Waals surface area contributed by atoms with Gasteiger partial charge in [0.1, 0.15) is 0 Å². The number of piperidine rings is 1. The summed E-state index contributed by atoms with van der Waals surface area (Å²) in [5.74, 6) is 0.578. The third-order valence-corrected chi connectivity index (χ3v) is 3.74. The highest BCUT2D eigenvalue weighted by Gasteiger charge is 2.26. The van der Waals surface area contributed by atoms with E-state index in [-0.39, 0.29) is 36.5 Å². The number of likely N-dealkylation sites (N-methyl/N-ethyl adjacent to an activating group) is 1. The van der Waals surface area contributed by atoms with E-state index in [1.807, 2.05) is 24.9 Å². The van der Waals surface area contributed by atoms with Crippen molar-refractivity contribution in [3.63, 3.8) is 0 Å². The molecule has 9 heteroatoms. The Hall–Kier alpha value is -1.44. The van der Waals surface area contributed by atoms with E-state index in [0.717, 1.165) is 25.1 Å². The molecular weight excluding hydrogens is 327 g/mol. The van der Waals surface area contributed by atoms with Crippen molar-refractivity contribution in [3.05, 3.63) is 23.8 Å². The average molecular weight is 347 g/mol. The highest BCUT2D eigenvalue weighted by molar-refractivity contribution is 5.91. The quantitative estimate of drug-likeness (QED) is 0.881. The Morgan fingerprint density at radius 1 is 1.41 bits per heavy atom. The minimum atomic E-state index is -0.116. The van der Waals surface area contributed by atoms with E-state index >= 15 is 0 Å². The number of carbonyl (C=O) groups is 1. The van der Waals surface area contributed by atoms with Crippen molar-refractivity contribution in [2.75, 3.05) is 20.1 Å². The lowest BCUT2D eigenvalue weighted by atomic mass is 10.1. The number of rotatable bonds is 2. The molecule has 0 aromatic carbocycles. The van der Waals surface area contributed by atoms with Crippen LogP contribution in [0.5, 0.6) is 0 Å². The molecule has 1 unspecified atom stereocenters. The number of aromatic nitrogens is 4. The van der Waals surface area contributed by atoms with Crippen molar-refractivity contribution in [2.45, 2.75) is 25.8 Å². The van der Waals surface area contributed by atoms with Crippen LogP contribution in [-0.4, -0.2) is 56.6 Å². The summed E-state index contributed by atoms with van der Waals surface area (Å²) in [6.45, 7) is 3.38. The van der Waals surface area contributed by atoms with Crippen LogP contribution < -0.4 is 5.32 Å². The van der Waals surface area contributed by atoms with Gasteiger partial charge in [-0.15, -0.1) is 29.9 Å². The largest absolute Gasteiger partial charge is 0.334 e. The summed E-state index contributed by atoms with van der Waals surface area (Å²) in [5, 5.41) is 7.49. The van der Waals surface area contributed by atoms with Crippen LogP contribution in [0.1, 0.15) is 29.2 Å². The lowest BCUT2D eigenvalue weighted by Crippen LogP contribution is -2.47. The monoisotopic (exact) mass is 346 g/mol. The van der Waals surface area contributed by atoms with Crippen LogP contribution in [0.3, 0.4) is 0 Å². The Morgan fingerprint density at radius 2 is 2.18 bits per heavy atom. The second-order valence-electron chi connectivity index (χ2n) is 5.11. The van der Waals surface area contributed by atoms with Gasteiger partial charge in [-0.2, -0.15) is 4.98 Å². The maximum absolute atomic E-state index is 12.5. The lowest BCUT2D eigenvalue weighted by molar-refractivity contribution is 0.0686. The number of fused-ring (bicyclic) bond motifs is 1. The summed E-state index contributed by atoms with van der Waals surface area (Å²) in [6, 6.07) is 2.19. The Bertz CT molecular complexity index is 646. The average Bonchev–Trinajstić information content (AvgIpc) is 2.92. The summed E-state index contributed by atoms with van der Waals surface area (Å²) in [4.78, 5) is 22.6. The molecule has 7 nitrogen and oxygen atoms in total. The fraction of sp³-hybridized carbons (Fsp3) is 0.538. The Morgan fingerprint density at radius 3 is 2.86 bits per heavy atom. The summed E-state index contributed by atoms with van der Waals surface area (Å²) in [6.07, 6.45) is 3.77. The normalized spacial score (nSPS) is 17.7. The molecule has 1 aliphatic rings. The number of likely N-dealkylation sites (tertiary alicyclic amines) is 1. The van der Waals surface area contributed by atoms with Gasteiger partial charge in [-0.1, -0.05) is 0 Å². The molecule has 2 aromatic heterocycles. The summed E-state index contributed by atoms with van der Waals surface area (Å²) >= 11 is 0. The number of carbonyl (C=O) groups excluding carboxylic acids is 1. The van der Waals surface area contributed by atoms with E-state index < -0.39 is 0 Å². The van der Waals surface area contributed by atoms with Gasteiger partial charge in [-0.3, -0.25) is 4.79 Å². The number of amides is 1. The second-order valence-corrected chi connectivity index (χ2v) is 5.11. The zero-order valence-corrected chi connectivity index (χ0v) is 14.2. The number of hydrogen-bond acceptors (Lipinski definition) is 5. The van der Waals surface area contributed by atoms with E-state index in [0.29, 0.717) is 18.4 Å². The first-order chi connectivity index (χ1) is 9.69. The Labute approximate surface area is 141 Å². The van der Waals surface area contributed by atoms with Crippen molar-refractivity contribution < 1.29 is 4.79 Å². The second kappa shape index (κ2) is 7.71. The van der Waals surface area contributed by atoms with Gasteiger partial charge >= 0.3 is 0 Å². The Balaban J connectivity index is 0.00000121. The molecule has 0 spiro atoms. The number of nitrogens with one attached hydrogen (secondary N) is 1. The van der Waals surface area contributed by atoms with Crippen molar-refractivity contribution >= 4 is 36.5 Å².